The molecule has 1 fully saturated rings. The van der Waals surface area contributed by atoms with Gasteiger partial charge >= 0.3 is 0 Å². The first kappa shape index (κ1) is 11.3. The fourth-order valence-corrected chi connectivity index (χ4v) is 3.35. The van der Waals surface area contributed by atoms with Gasteiger partial charge in [-0.05, 0) is 41.3 Å². The summed E-state index contributed by atoms with van der Waals surface area (Å²) in [7, 11) is 0. The molecule has 0 amide bonds. The summed E-state index contributed by atoms with van der Waals surface area (Å²) >= 11 is 3.23. The monoisotopic (exact) mass is 298 g/mol. The zero-order valence-corrected chi connectivity index (χ0v) is 11.2. The molecule has 1 aliphatic carbocycles. The fraction of sp³-hybridized carbons (Fsp3) is 0.538. The smallest absolute Gasteiger partial charge is 0.139 e. The van der Waals surface area contributed by atoms with E-state index in [4.69, 9.17) is 0 Å². The Morgan fingerprint density at radius 3 is 2.65 bits per heavy atom. The van der Waals surface area contributed by atoms with Crippen molar-refractivity contribution >= 4 is 27.3 Å². The molecule has 3 rings (SSSR count). The Balaban J connectivity index is 1.98. The summed E-state index contributed by atoms with van der Waals surface area (Å²) < 4.78 is 14.1. The Labute approximate surface area is 109 Å². The van der Waals surface area contributed by atoms with E-state index >= 15 is 0 Å². The zero-order chi connectivity index (χ0) is 11.9. The Bertz CT molecular complexity index is 441. The molecule has 0 unspecified atom stereocenters. The molecule has 1 aliphatic heterocycles. The third-order valence-corrected chi connectivity index (χ3v) is 4.55. The van der Waals surface area contributed by atoms with Gasteiger partial charge < -0.3 is 10.6 Å². The first-order valence-electron chi connectivity index (χ1n) is 6.20. The number of halogens is 2. The molecule has 4 heteroatoms. The molecule has 2 aliphatic rings. The van der Waals surface area contributed by atoms with Crippen LogP contribution < -0.4 is 10.6 Å². The van der Waals surface area contributed by atoms with Crippen LogP contribution in [0.15, 0.2) is 16.6 Å². The molecule has 92 valence electrons. The lowest BCUT2D eigenvalue weighted by Gasteiger charge is -2.29. The highest BCUT2D eigenvalue weighted by Crippen LogP contribution is 2.41. The normalized spacial score (nSPS) is 21.5. The summed E-state index contributed by atoms with van der Waals surface area (Å²) in [5, 5.41) is 6.96. The van der Waals surface area contributed by atoms with Crippen molar-refractivity contribution < 1.29 is 4.39 Å². The molecular formula is C13H16BrFN2. The maximum Gasteiger partial charge on any atom is 0.139 e. The van der Waals surface area contributed by atoms with E-state index < -0.39 is 0 Å². The first-order chi connectivity index (χ1) is 8.19. The quantitative estimate of drug-likeness (QED) is 0.752. The number of fused-ring (bicyclic) bond motifs is 1. The molecule has 17 heavy (non-hydrogen) atoms. The van der Waals surface area contributed by atoms with Crippen LogP contribution in [0.25, 0.3) is 0 Å². The second-order valence-corrected chi connectivity index (χ2v) is 5.96. The van der Waals surface area contributed by atoms with Gasteiger partial charge in [0.25, 0.3) is 0 Å². The van der Waals surface area contributed by atoms with Crippen molar-refractivity contribution in [2.75, 3.05) is 17.2 Å². The van der Waals surface area contributed by atoms with Gasteiger partial charge in [-0.25, -0.2) is 4.39 Å². The standard InChI is InChI=1S/C13H16BrFN2/c14-9-7-11-12(8-10(9)15)17-13(5-6-16-11)3-1-2-4-13/h7-8,16-17H,1-6H2. The maximum absolute atomic E-state index is 13.6. The Hall–Kier alpha value is -0.770. The zero-order valence-electron chi connectivity index (χ0n) is 9.65. The number of rotatable bonds is 0. The van der Waals surface area contributed by atoms with Crippen LogP contribution in [-0.2, 0) is 0 Å². The molecule has 2 N–H and O–H groups in total. The highest BCUT2D eigenvalue weighted by molar-refractivity contribution is 9.10. The van der Waals surface area contributed by atoms with Crippen molar-refractivity contribution in [3.8, 4) is 0 Å². The van der Waals surface area contributed by atoms with Gasteiger partial charge in [0.15, 0.2) is 0 Å². The van der Waals surface area contributed by atoms with Crippen LogP contribution in [0.2, 0.25) is 0 Å². The minimum Gasteiger partial charge on any atom is -0.383 e. The average molecular weight is 299 g/mol. The molecule has 0 bridgehead atoms. The number of nitrogens with one attached hydrogen (secondary N) is 2. The molecular weight excluding hydrogens is 283 g/mol. The summed E-state index contributed by atoms with van der Waals surface area (Å²) in [5.74, 6) is -0.201. The van der Waals surface area contributed by atoms with E-state index in [9.17, 15) is 4.39 Å². The van der Waals surface area contributed by atoms with Gasteiger partial charge in [0.05, 0.1) is 15.8 Å². The second kappa shape index (κ2) is 4.16. The van der Waals surface area contributed by atoms with E-state index in [1.165, 1.54) is 25.7 Å². The van der Waals surface area contributed by atoms with E-state index in [2.05, 4.69) is 26.6 Å². The van der Waals surface area contributed by atoms with Crippen LogP contribution in [0.1, 0.15) is 32.1 Å². The van der Waals surface area contributed by atoms with Crippen molar-refractivity contribution in [2.24, 2.45) is 0 Å². The lowest BCUT2D eigenvalue weighted by Crippen LogP contribution is -2.35. The van der Waals surface area contributed by atoms with Crippen molar-refractivity contribution in [1.29, 1.82) is 0 Å². The summed E-state index contributed by atoms with van der Waals surface area (Å²) in [5.41, 5.74) is 2.10. The van der Waals surface area contributed by atoms with Crippen LogP contribution in [0.5, 0.6) is 0 Å². The van der Waals surface area contributed by atoms with Crippen LogP contribution in [0.3, 0.4) is 0 Å². The summed E-state index contributed by atoms with van der Waals surface area (Å²) in [6, 6.07) is 3.42. The highest BCUT2D eigenvalue weighted by atomic mass is 79.9. The van der Waals surface area contributed by atoms with Gasteiger partial charge in [-0.15, -0.1) is 0 Å². The average Bonchev–Trinajstić information content (AvgIpc) is 2.66. The van der Waals surface area contributed by atoms with Crippen molar-refractivity contribution in [3.05, 3.63) is 22.4 Å². The molecule has 1 heterocycles. The number of benzene rings is 1. The van der Waals surface area contributed by atoms with E-state index in [-0.39, 0.29) is 11.4 Å². The number of hydrogen-bond acceptors (Lipinski definition) is 2. The molecule has 0 saturated heterocycles. The first-order valence-corrected chi connectivity index (χ1v) is 6.99. The van der Waals surface area contributed by atoms with Crippen molar-refractivity contribution in [1.82, 2.24) is 0 Å². The lowest BCUT2D eigenvalue weighted by atomic mass is 9.93. The molecule has 1 spiro atoms. The SMILES string of the molecule is Fc1cc2c(cc1Br)NCCC1(CCCC1)N2. The highest BCUT2D eigenvalue weighted by Gasteiger charge is 2.35. The minimum absolute atomic E-state index is 0.193. The van der Waals surface area contributed by atoms with Crippen molar-refractivity contribution in [2.45, 2.75) is 37.6 Å². The summed E-state index contributed by atoms with van der Waals surface area (Å²) in [4.78, 5) is 0. The second-order valence-electron chi connectivity index (χ2n) is 5.10. The Morgan fingerprint density at radius 2 is 1.88 bits per heavy atom. The topological polar surface area (TPSA) is 24.1 Å². The molecule has 1 saturated carbocycles. The fourth-order valence-electron chi connectivity index (χ4n) is 3.01. The molecule has 0 radical (unpaired) electrons. The van der Waals surface area contributed by atoms with Gasteiger partial charge in [0, 0.05) is 18.2 Å². The Morgan fingerprint density at radius 1 is 1.12 bits per heavy atom. The Kier molecular flexibility index (Phi) is 2.77. The predicted molar refractivity (Wildman–Crippen MR) is 72.0 cm³/mol. The summed E-state index contributed by atoms with van der Waals surface area (Å²) in [6.07, 6.45) is 6.07. The third kappa shape index (κ3) is 2.03. The number of anilines is 2. The van der Waals surface area contributed by atoms with E-state index in [1.807, 2.05) is 6.07 Å². The molecule has 1 aromatic carbocycles. The summed E-state index contributed by atoms with van der Waals surface area (Å²) in [6.45, 7) is 0.956. The van der Waals surface area contributed by atoms with E-state index in [0.717, 1.165) is 24.3 Å². The number of hydrogen-bond donors (Lipinski definition) is 2. The molecule has 2 nitrogen and oxygen atoms in total. The molecule has 0 atom stereocenters. The van der Waals surface area contributed by atoms with E-state index in [0.29, 0.717) is 4.47 Å². The van der Waals surface area contributed by atoms with Crippen LogP contribution >= 0.6 is 15.9 Å². The lowest BCUT2D eigenvalue weighted by molar-refractivity contribution is 0.460. The van der Waals surface area contributed by atoms with Gasteiger partial charge in [-0.3, -0.25) is 0 Å². The largest absolute Gasteiger partial charge is 0.383 e. The predicted octanol–water partition coefficient (Wildman–Crippen LogP) is 4.13. The van der Waals surface area contributed by atoms with Crippen LogP contribution in [0, 0.1) is 5.82 Å². The van der Waals surface area contributed by atoms with Crippen molar-refractivity contribution in [3.63, 3.8) is 0 Å². The maximum atomic E-state index is 13.6. The van der Waals surface area contributed by atoms with Gasteiger partial charge in [-0.2, -0.15) is 0 Å². The minimum atomic E-state index is -0.201. The third-order valence-electron chi connectivity index (χ3n) is 3.94. The van der Waals surface area contributed by atoms with Gasteiger partial charge in [0.1, 0.15) is 5.82 Å². The molecule has 1 aromatic rings. The van der Waals surface area contributed by atoms with E-state index in [1.54, 1.807) is 6.07 Å². The van der Waals surface area contributed by atoms with Gasteiger partial charge in [-0.1, -0.05) is 12.8 Å². The van der Waals surface area contributed by atoms with Crippen LogP contribution in [-0.4, -0.2) is 12.1 Å². The molecule has 0 aromatic heterocycles. The van der Waals surface area contributed by atoms with Crippen LogP contribution in [0.4, 0.5) is 15.8 Å². The van der Waals surface area contributed by atoms with Gasteiger partial charge in [0.2, 0.25) is 0 Å².